The first-order valence-corrected chi connectivity index (χ1v) is 25.8. The second kappa shape index (κ2) is 20.0. The van der Waals surface area contributed by atoms with Crippen LogP contribution in [0.4, 0.5) is 17.1 Å². The molecule has 1 nitrogen and oxygen atoms in total. The van der Waals surface area contributed by atoms with Gasteiger partial charge >= 0.3 is 0 Å². The number of hydrogen-bond acceptors (Lipinski definition) is 1. The summed E-state index contributed by atoms with van der Waals surface area (Å²) in [6.45, 7) is 0. The fourth-order valence-corrected chi connectivity index (χ4v) is 11.1. The second-order valence-corrected chi connectivity index (χ2v) is 19.2. The first-order valence-electron chi connectivity index (χ1n) is 25.8. The Kier molecular flexibility index (Phi) is 12.0. The Morgan fingerprint density at radius 3 is 0.987 bits per heavy atom. The summed E-state index contributed by atoms with van der Waals surface area (Å²) in [5.74, 6) is 0. The largest absolute Gasteiger partial charge is 0.311 e. The third-order valence-corrected chi connectivity index (χ3v) is 14.7. The van der Waals surface area contributed by atoms with Gasteiger partial charge in [0.1, 0.15) is 0 Å². The summed E-state index contributed by atoms with van der Waals surface area (Å²) >= 11 is 0. The van der Waals surface area contributed by atoms with E-state index in [1.165, 1.54) is 99.4 Å². The van der Waals surface area contributed by atoms with E-state index in [1.54, 1.807) is 0 Å². The highest BCUT2D eigenvalue weighted by molar-refractivity contribution is 6.25. The first-order chi connectivity index (χ1) is 37.2. The monoisotopic (exact) mass is 953 g/mol. The zero-order valence-electron chi connectivity index (χ0n) is 41.4. The number of nitrogens with zero attached hydrogens (tertiary/aromatic N) is 1. The van der Waals surface area contributed by atoms with Crippen molar-refractivity contribution in [2.24, 2.45) is 0 Å². The Bertz CT molecular complexity index is 4080. The predicted molar refractivity (Wildman–Crippen MR) is 320 cm³/mol. The maximum Gasteiger partial charge on any atom is 0.0462 e. The van der Waals surface area contributed by atoms with Crippen LogP contribution in [-0.4, -0.2) is 0 Å². The van der Waals surface area contributed by atoms with E-state index in [-0.39, 0.29) is 0 Å². The van der Waals surface area contributed by atoms with E-state index in [0.717, 1.165) is 28.2 Å². The summed E-state index contributed by atoms with van der Waals surface area (Å²) in [5, 5.41) is 4.98. The molecule has 0 amide bonds. The summed E-state index contributed by atoms with van der Waals surface area (Å²) in [4.78, 5) is 2.38. The fourth-order valence-electron chi connectivity index (χ4n) is 11.1. The number of anilines is 3. The summed E-state index contributed by atoms with van der Waals surface area (Å²) in [5.41, 5.74) is 22.5. The molecule has 0 atom stereocenters. The zero-order chi connectivity index (χ0) is 49.9. The molecule has 0 fully saturated rings. The highest BCUT2D eigenvalue weighted by Crippen LogP contribution is 2.48. The molecule has 0 saturated heterocycles. The second-order valence-electron chi connectivity index (χ2n) is 19.2. The first kappa shape index (κ1) is 45.1. The van der Waals surface area contributed by atoms with E-state index in [4.69, 9.17) is 0 Å². The minimum absolute atomic E-state index is 1.07. The Labute approximate surface area is 439 Å². The van der Waals surface area contributed by atoms with Gasteiger partial charge in [-0.15, -0.1) is 0 Å². The van der Waals surface area contributed by atoms with Crippen LogP contribution in [0.1, 0.15) is 0 Å². The van der Waals surface area contributed by atoms with Crippen molar-refractivity contribution in [3.05, 3.63) is 309 Å². The minimum Gasteiger partial charge on any atom is -0.311 e. The van der Waals surface area contributed by atoms with Gasteiger partial charge < -0.3 is 4.90 Å². The van der Waals surface area contributed by atoms with Gasteiger partial charge in [-0.25, -0.2) is 0 Å². The van der Waals surface area contributed by atoms with Crippen molar-refractivity contribution in [1.82, 2.24) is 0 Å². The average Bonchev–Trinajstić information content (AvgIpc) is 3.52. The van der Waals surface area contributed by atoms with E-state index in [9.17, 15) is 0 Å². The molecule has 1 heteroatoms. The average molecular weight is 954 g/mol. The summed E-state index contributed by atoms with van der Waals surface area (Å²) < 4.78 is 0. The van der Waals surface area contributed by atoms with Gasteiger partial charge in [-0.1, -0.05) is 267 Å². The van der Waals surface area contributed by atoms with E-state index in [1.807, 2.05) is 0 Å². The lowest BCUT2D eigenvalue weighted by Crippen LogP contribution is -2.09. The summed E-state index contributed by atoms with van der Waals surface area (Å²) in [7, 11) is 0. The predicted octanol–water partition coefficient (Wildman–Crippen LogP) is 20.8. The fraction of sp³-hybridized carbons (Fsp3) is 0. The normalized spacial score (nSPS) is 11.2. The molecule has 0 unspecified atom stereocenters. The van der Waals surface area contributed by atoms with Gasteiger partial charge in [0.25, 0.3) is 0 Å². The lowest BCUT2D eigenvalue weighted by Gasteiger charge is -2.26. The molecule has 0 aliphatic rings. The smallest absolute Gasteiger partial charge is 0.0462 e. The molecule has 0 N–H and O–H groups in total. The van der Waals surface area contributed by atoms with Gasteiger partial charge in [-0.3, -0.25) is 0 Å². The molecule has 0 spiro atoms. The summed E-state index contributed by atoms with van der Waals surface area (Å²) in [6.07, 6.45) is 0. The van der Waals surface area contributed by atoms with Crippen molar-refractivity contribution >= 4 is 38.6 Å². The van der Waals surface area contributed by atoms with Crippen molar-refractivity contribution < 1.29 is 0 Å². The highest BCUT2D eigenvalue weighted by atomic mass is 15.1. The van der Waals surface area contributed by atoms with Crippen molar-refractivity contribution in [2.75, 3.05) is 4.90 Å². The maximum absolute atomic E-state index is 2.38. The molecule has 0 radical (unpaired) electrons. The van der Waals surface area contributed by atoms with Crippen molar-refractivity contribution in [2.45, 2.75) is 0 Å². The number of hydrogen-bond donors (Lipinski definition) is 0. The SMILES string of the molecule is c1ccc(-c2ccc(-c3ccc(N(c4ccc(-c5ccc(-c6ccccc6)cc5-c5ccccc5)cc4)c4ccc(-c5cccc6c(-c7ccccc7)c(-c7ccccc7)c7ccccc7c56)cc4)cc3)cc2)cc1. The van der Waals surface area contributed by atoms with Crippen LogP contribution >= 0.6 is 0 Å². The Morgan fingerprint density at radius 2 is 0.493 bits per heavy atom. The quantitative estimate of drug-likeness (QED) is 0.117. The molecule has 0 aliphatic carbocycles. The van der Waals surface area contributed by atoms with Crippen LogP contribution in [-0.2, 0) is 0 Å². The molecule has 13 rings (SSSR count). The van der Waals surface area contributed by atoms with E-state index >= 15 is 0 Å². The molecule has 0 aromatic heterocycles. The topological polar surface area (TPSA) is 3.24 Å². The number of rotatable bonds is 11. The third kappa shape index (κ3) is 8.77. The zero-order valence-corrected chi connectivity index (χ0v) is 41.4. The minimum atomic E-state index is 1.07. The van der Waals surface area contributed by atoms with Gasteiger partial charge in [-0.05, 0) is 153 Å². The Hall–Kier alpha value is -9.82. The van der Waals surface area contributed by atoms with Crippen molar-refractivity contribution in [3.63, 3.8) is 0 Å². The molecule has 0 heterocycles. The van der Waals surface area contributed by atoms with Gasteiger partial charge in [-0.2, -0.15) is 0 Å². The van der Waals surface area contributed by atoms with Crippen LogP contribution in [0, 0.1) is 0 Å². The van der Waals surface area contributed by atoms with Crippen LogP contribution in [0.2, 0.25) is 0 Å². The number of fused-ring (bicyclic) bond motifs is 3. The van der Waals surface area contributed by atoms with Crippen molar-refractivity contribution in [3.8, 4) is 89.0 Å². The maximum atomic E-state index is 2.38. The highest BCUT2D eigenvalue weighted by Gasteiger charge is 2.21. The molecular formula is C74H51N. The molecule has 13 aromatic rings. The molecule has 0 saturated carbocycles. The van der Waals surface area contributed by atoms with Gasteiger partial charge in [0.2, 0.25) is 0 Å². The summed E-state index contributed by atoms with van der Waals surface area (Å²) in [6, 6.07) is 113. The Morgan fingerprint density at radius 1 is 0.173 bits per heavy atom. The number of benzene rings is 13. The third-order valence-electron chi connectivity index (χ3n) is 14.7. The Balaban J connectivity index is 0.919. The van der Waals surface area contributed by atoms with E-state index in [2.05, 4.69) is 314 Å². The van der Waals surface area contributed by atoms with Crippen LogP contribution < -0.4 is 4.90 Å². The van der Waals surface area contributed by atoms with Gasteiger partial charge in [0.05, 0.1) is 0 Å². The molecule has 75 heavy (non-hydrogen) atoms. The van der Waals surface area contributed by atoms with E-state index in [0.29, 0.717) is 0 Å². The van der Waals surface area contributed by atoms with Crippen LogP contribution in [0.25, 0.3) is 111 Å². The van der Waals surface area contributed by atoms with E-state index < -0.39 is 0 Å². The van der Waals surface area contributed by atoms with Gasteiger partial charge in [0, 0.05) is 17.1 Å². The molecular weight excluding hydrogens is 903 g/mol. The van der Waals surface area contributed by atoms with Crippen LogP contribution in [0.5, 0.6) is 0 Å². The lowest BCUT2D eigenvalue weighted by atomic mass is 9.83. The lowest BCUT2D eigenvalue weighted by molar-refractivity contribution is 1.28. The van der Waals surface area contributed by atoms with Crippen molar-refractivity contribution in [1.29, 1.82) is 0 Å². The molecule has 0 aliphatic heterocycles. The molecule has 0 bridgehead atoms. The van der Waals surface area contributed by atoms with Gasteiger partial charge in [0.15, 0.2) is 0 Å². The standard InChI is InChI=1S/C74H51N/c1-6-19-52(20-7-1)54-33-35-55(36-34-54)56-37-44-63(45-38-56)75(64-46-39-58(40-47-64)66-50-43-62(53-21-8-2-9-22-53)51-71(66)57-23-10-3-11-24-57)65-48-41-59(42-49-65)67-31-18-32-70-73(61-27-14-5-15-28-61)72(60-25-12-4-13-26-60)68-29-16-17-30-69(68)74(67)70/h1-51H. The molecule has 352 valence electrons. The molecule has 13 aromatic carbocycles. The van der Waals surface area contributed by atoms with Crippen LogP contribution in [0.15, 0.2) is 309 Å². The van der Waals surface area contributed by atoms with Crippen LogP contribution in [0.3, 0.4) is 0 Å².